The summed E-state index contributed by atoms with van der Waals surface area (Å²) < 4.78 is 0. The number of nitrogens with one attached hydrogen (secondary N) is 1. The highest BCUT2D eigenvalue weighted by molar-refractivity contribution is 5.82. The number of aromatic nitrogens is 1. The highest BCUT2D eigenvalue weighted by atomic mass is 16.6. The Labute approximate surface area is 100 Å². The van der Waals surface area contributed by atoms with Crippen LogP contribution in [0.25, 0.3) is 10.9 Å². The van der Waals surface area contributed by atoms with E-state index in [0.29, 0.717) is 17.4 Å². The van der Waals surface area contributed by atoms with Gasteiger partial charge in [0.25, 0.3) is 5.43 Å². The molecule has 1 heterocycles. The lowest BCUT2D eigenvalue weighted by Gasteiger charge is -1.98. The van der Waals surface area contributed by atoms with Crippen molar-refractivity contribution in [3.05, 3.63) is 50.3 Å². The van der Waals surface area contributed by atoms with Crippen LogP contribution >= 0.6 is 0 Å². The molecule has 88 valence electrons. The third kappa shape index (κ3) is 1.97. The summed E-state index contributed by atoms with van der Waals surface area (Å²) in [5.41, 5.74) is -0.283. The number of nitrogens with zero attached hydrogens (tertiary/aromatic N) is 1. The third-order valence-electron chi connectivity index (χ3n) is 2.33. The minimum absolute atomic E-state index is 0.168. The SMILES string of the molecule is O=CC#Cc1ccc2[nH]cc([N+](=O)[O-])c(=O)c2c1. The lowest BCUT2D eigenvalue weighted by molar-refractivity contribution is -0.386. The van der Waals surface area contributed by atoms with Gasteiger partial charge >= 0.3 is 5.69 Å². The molecule has 0 unspecified atom stereocenters. The van der Waals surface area contributed by atoms with Crippen LogP contribution in [0.5, 0.6) is 0 Å². The van der Waals surface area contributed by atoms with E-state index in [1.807, 2.05) is 0 Å². The summed E-state index contributed by atoms with van der Waals surface area (Å²) in [7, 11) is 0. The molecule has 0 saturated heterocycles. The van der Waals surface area contributed by atoms with Crippen LogP contribution in [-0.2, 0) is 4.79 Å². The van der Waals surface area contributed by atoms with Gasteiger partial charge in [-0.2, -0.15) is 0 Å². The number of pyridine rings is 1. The highest BCUT2D eigenvalue weighted by Gasteiger charge is 2.14. The summed E-state index contributed by atoms with van der Waals surface area (Å²) >= 11 is 0. The lowest BCUT2D eigenvalue weighted by Crippen LogP contribution is -2.09. The van der Waals surface area contributed by atoms with Gasteiger partial charge in [0.1, 0.15) is 0 Å². The predicted octanol–water partition coefficient (Wildman–Crippen LogP) is 0.987. The first kappa shape index (κ1) is 11.5. The molecule has 0 aliphatic carbocycles. The molecule has 0 atom stereocenters. The number of nitro groups is 1. The first-order chi connectivity index (χ1) is 8.63. The van der Waals surface area contributed by atoms with Gasteiger partial charge < -0.3 is 4.98 Å². The van der Waals surface area contributed by atoms with E-state index in [9.17, 15) is 19.7 Å². The van der Waals surface area contributed by atoms with Crippen molar-refractivity contribution in [3.8, 4) is 11.8 Å². The Bertz CT molecular complexity index is 765. The summed E-state index contributed by atoms with van der Waals surface area (Å²) in [4.78, 5) is 34.5. The molecule has 0 bridgehead atoms. The number of rotatable bonds is 1. The molecule has 18 heavy (non-hydrogen) atoms. The fourth-order valence-corrected chi connectivity index (χ4v) is 1.53. The van der Waals surface area contributed by atoms with Crippen molar-refractivity contribution in [2.45, 2.75) is 0 Å². The van der Waals surface area contributed by atoms with Gasteiger partial charge in [-0.15, -0.1) is 0 Å². The zero-order valence-corrected chi connectivity index (χ0v) is 8.97. The Balaban J connectivity index is 2.74. The van der Waals surface area contributed by atoms with Gasteiger partial charge in [-0.05, 0) is 24.1 Å². The van der Waals surface area contributed by atoms with Crippen LogP contribution in [0.15, 0.2) is 29.2 Å². The van der Waals surface area contributed by atoms with Gasteiger partial charge in [0, 0.05) is 11.1 Å². The van der Waals surface area contributed by atoms with Crippen molar-refractivity contribution in [1.82, 2.24) is 4.98 Å². The molecule has 1 aromatic heterocycles. The van der Waals surface area contributed by atoms with Crippen LogP contribution in [0, 0.1) is 22.0 Å². The van der Waals surface area contributed by atoms with Gasteiger partial charge in [-0.3, -0.25) is 19.7 Å². The molecule has 0 saturated carbocycles. The number of aromatic amines is 1. The Hall–Kier alpha value is -2.94. The molecule has 1 N–H and O–H groups in total. The number of carbonyl (C=O) groups excluding carboxylic acids is 1. The second kappa shape index (κ2) is 4.51. The summed E-state index contributed by atoms with van der Waals surface area (Å²) in [6.45, 7) is 0. The molecular weight excluding hydrogens is 236 g/mol. The van der Waals surface area contributed by atoms with E-state index in [1.54, 1.807) is 12.1 Å². The maximum absolute atomic E-state index is 11.8. The predicted molar refractivity (Wildman–Crippen MR) is 64.2 cm³/mol. The van der Waals surface area contributed by atoms with Crippen molar-refractivity contribution in [1.29, 1.82) is 0 Å². The molecular formula is C12H6N2O4. The van der Waals surface area contributed by atoms with E-state index < -0.39 is 16.0 Å². The summed E-state index contributed by atoms with van der Waals surface area (Å²) in [5.74, 6) is 4.73. The van der Waals surface area contributed by atoms with E-state index >= 15 is 0 Å². The molecule has 0 fully saturated rings. The van der Waals surface area contributed by atoms with Crippen molar-refractivity contribution >= 4 is 22.9 Å². The Morgan fingerprint density at radius 3 is 2.83 bits per heavy atom. The number of H-pyrrole nitrogens is 1. The summed E-state index contributed by atoms with van der Waals surface area (Å²) in [6, 6.07) is 4.60. The van der Waals surface area contributed by atoms with E-state index in [4.69, 9.17) is 0 Å². The number of carbonyl (C=O) groups is 1. The lowest BCUT2D eigenvalue weighted by atomic mass is 10.1. The summed E-state index contributed by atoms with van der Waals surface area (Å²) in [5, 5.41) is 10.8. The van der Waals surface area contributed by atoms with Gasteiger partial charge in [-0.25, -0.2) is 0 Å². The van der Waals surface area contributed by atoms with E-state index in [-0.39, 0.29) is 5.39 Å². The Kier molecular flexibility index (Phi) is 2.89. The van der Waals surface area contributed by atoms with Crippen LogP contribution in [0.1, 0.15) is 5.56 Å². The smallest absolute Gasteiger partial charge is 0.332 e. The van der Waals surface area contributed by atoms with Crippen molar-refractivity contribution in [2.24, 2.45) is 0 Å². The minimum atomic E-state index is -0.748. The van der Waals surface area contributed by atoms with Gasteiger partial charge in [0.15, 0.2) is 6.29 Å². The zero-order chi connectivity index (χ0) is 13.1. The van der Waals surface area contributed by atoms with Gasteiger partial charge in [0.05, 0.1) is 16.5 Å². The van der Waals surface area contributed by atoms with Crippen LogP contribution in [0.3, 0.4) is 0 Å². The number of benzene rings is 1. The van der Waals surface area contributed by atoms with Crippen molar-refractivity contribution < 1.29 is 9.72 Å². The molecule has 0 aliphatic heterocycles. The van der Waals surface area contributed by atoms with Crippen LogP contribution < -0.4 is 5.43 Å². The maximum atomic E-state index is 11.8. The van der Waals surface area contributed by atoms with Crippen LogP contribution in [-0.4, -0.2) is 16.2 Å². The highest BCUT2D eigenvalue weighted by Crippen LogP contribution is 2.13. The van der Waals surface area contributed by atoms with Crippen LogP contribution in [0.4, 0.5) is 5.69 Å². The number of fused-ring (bicyclic) bond motifs is 1. The first-order valence-electron chi connectivity index (χ1n) is 4.88. The molecule has 1 aromatic carbocycles. The quantitative estimate of drug-likeness (QED) is 0.349. The topological polar surface area (TPSA) is 93.1 Å². The largest absolute Gasteiger partial charge is 0.355 e. The second-order valence-electron chi connectivity index (χ2n) is 3.41. The molecule has 0 amide bonds. The van der Waals surface area contributed by atoms with Gasteiger partial charge in [0.2, 0.25) is 0 Å². The van der Waals surface area contributed by atoms with E-state index in [0.717, 1.165) is 6.20 Å². The third-order valence-corrected chi connectivity index (χ3v) is 2.33. The molecule has 2 aromatic rings. The average Bonchev–Trinajstić information content (AvgIpc) is 2.36. The Morgan fingerprint density at radius 1 is 1.39 bits per heavy atom. The molecule has 0 spiro atoms. The minimum Gasteiger partial charge on any atom is -0.355 e. The fourth-order valence-electron chi connectivity index (χ4n) is 1.53. The zero-order valence-electron chi connectivity index (χ0n) is 8.97. The monoisotopic (exact) mass is 242 g/mol. The molecule has 6 heteroatoms. The van der Waals surface area contributed by atoms with E-state index in [1.165, 1.54) is 6.07 Å². The van der Waals surface area contributed by atoms with Crippen molar-refractivity contribution in [3.63, 3.8) is 0 Å². The van der Waals surface area contributed by atoms with Gasteiger partial charge in [-0.1, -0.05) is 5.92 Å². The molecule has 6 nitrogen and oxygen atoms in total. The number of aldehydes is 1. The maximum Gasteiger partial charge on any atom is 0.332 e. The second-order valence-corrected chi connectivity index (χ2v) is 3.41. The molecule has 0 radical (unpaired) electrons. The number of hydrogen-bond acceptors (Lipinski definition) is 4. The average molecular weight is 242 g/mol. The van der Waals surface area contributed by atoms with Crippen LogP contribution in [0.2, 0.25) is 0 Å². The molecule has 2 rings (SSSR count). The normalized spacial score (nSPS) is 9.56. The molecule has 0 aliphatic rings. The fraction of sp³-hybridized carbons (Fsp3) is 0. The van der Waals surface area contributed by atoms with E-state index in [2.05, 4.69) is 16.8 Å². The Morgan fingerprint density at radius 2 is 2.17 bits per heavy atom. The van der Waals surface area contributed by atoms with Crippen molar-refractivity contribution in [2.75, 3.05) is 0 Å². The first-order valence-corrected chi connectivity index (χ1v) is 4.88. The number of hydrogen-bond donors (Lipinski definition) is 1. The summed E-state index contributed by atoms with van der Waals surface area (Å²) in [6.07, 6.45) is 1.49. The standard InChI is InChI=1S/C12H6N2O4/c15-5-1-2-8-3-4-10-9(6-8)12(16)11(7-13-10)14(17)18/h3-7H,(H,13,16).